The van der Waals surface area contributed by atoms with E-state index in [2.05, 4.69) is 20.2 Å². The molecule has 0 saturated carbocycles. The third-order valence-electron chi connectivity index (χ3n) is 4.62. The first-order valence-corrected chi connectivity index (χ1v) is 8.70. The Balaban J connectivity index is 1.54. The van der Waals surface area contributed by atoms with E-state index in [9.17, 15) is 4.79 Å². The van der Waals surface area contributed by atoms with Crippen molar-refractivity contribution in [1.82, 2.24) is 29.9 Å². The average molecular weight is 351 g/mol. The molecule has 26 heavy (non-hydrogen) atoms. The van der Waals surface area contributed by atoms with Gasteiger partial charge in [-0.2, -0.15) is 15.0 Å². The van der Waals surface area contributed by atoms with Crippen molar-refractivity contribution < 1.29 is 4.79 Å². The monoisotopic (exact) mass is 351 g/mol. The molecule has 1 amide bonds. The molecule has 0 N–H and O–H groups in total. The van der Waals surface area contributed by atoms with Gasteiger partial charge in [-0.05, 0) is 25.0 Å². The van der Waals surface area contributed by atoms with Crippen LogP contribution in [0.2, 0.25) is 0 Å². The lowest BCUT2D eigenvalue weighted by molar-refractivity contribution is -0.133. The fourth-order valence-electron chi connectivity index (χ4n) is 3.31. The largest absolute Gasteiger partial charge is 0.361 e. The number of benzene rings is 1. The summed E-state index contributed by atoms with van der Waals surface area (Å²) in [6.07, 6.45) is 5.33. The third-order valence-corrected chi connectivity index (χ3v) is 4.62. The summed E-state index contributed by atoms with van der Waals surface area (Å²) in [5.74, 6) is 0.798. The smallest absolute Gasteiger partial charge is 0.246 e. The summed E-state index contributed by atoms with van der Waals surface area (Å²) in [5.41, 5.74) is 2.42. The molecular formula is C18H21N7O. The van der Waals surface area contributed by atoms with Crippen LogP contribution in [0.15, 0.2) is 36.7 Å². The first-order valence-electron chi connectivity index (χ1n) is 8.70. The number of rotatable bonds is 4. The molecule has 0 radical (unpaired) electrons. The highest BCUT2D eigenvalue weighted by Gasteiger charge is 2.31. The fourth-order valence-corrected chi connectivity index (χ4v) is 3.31. The van der Waals surface area contributed by atoms with Gasteiger partial charge in [0, 0.05) is 20.6 Å². The predicted octanol–water partition coefficient (Wildman–Crippen LogP) is 1.65. The Labute approximate surface area is 151 Å². The number of nitrogens with zero attached hydrogens (tertiary/aromatic N) is 7. The van der Waals surface area contributed by atoms with Crippen LogP contribution in [0.3, 0.4) is 0 Å². The zero-order chi connectivity index (χ0) is 18.1. The quantitative estimate of drug-likeness (QED) is 0.711. The van der Waals surface area contributed by atoms with E-state index in [4.69, 9.17) is 0 Å². The van der Waals surface area contributed by atoms with Crippen molar-refractivity contribution >= 4 is 22.8 Å². The lowest BCUT2D eigenvalue weighted by atomic mass is 10.1. The zero-order valence-electron chi connectivity index (χ0n) is 14.9. The van der Waals surface area contributed by atoms with Crippen LogP contribution in [-0.2, 0) is 11.3 Å². The minimum absolute atomic E-state index is 0.00450. The number of fused-ring (bicyclic) bond motifs is 1. The van der Waals surface area contributed by atoms with Crippen LogP contribution in [0.1, 0.15) is 24.6 Å². The molecule has 134 valence electrons. The van der Waals surface area contributed by atoms with Crippen molar-refractivity contribution in [3.8, 4) is 0 Å². The van der Waals surface area contributed by atoms with Crippen molar-refractivity contribution in [2.45, 2.75) is 25.4 Å². The minimum atomic E-state index is -0.0418. The second-order valence-electron chi connectivity index (χ2n) is 6.66. The second-order valence-corrected chi connectivity index (χ2v) is 6.66. The Hall–Kier alpha value is -3.03. The van der Waals surface area contributed by atoms with Crippen molar-refractivity contribution in [3.63, 3.8) is 0 Å². The van der Waals surface area contributed by atoms with Gasteiger partial charge in [0.05, 0.1) is 24.1 Å². The molecule has 1 fully saturated rings. The molecule has 0 aliphatic carbocycles. The normalized spacial score (nSPS) is 17.0. The first kappa shape index (κ1) is 16.4. The summed E-state index contributed by atoms with van der Waals surface area (Å²) in [4.78, 5) is 27.1. The van der Waals surface area contributed by atoms with Crippen molar-refractivity contribution in [1.29, 1.82) is 0 Å². The zero-order valence-corrected chi connectivity index (χ0v) is 14.9. The van der Waals surface area contributed by atoms with Gasteiger partial charge < -0.3 is 9.80 Å². The predicted molar refractivity (Wildman–Crippen MR) is 97.6 cm³/mol. The Morgan fingerprint density at radius 1 is 1.19 bits per heavy atom. The molecule has 4 rings (SSSR count). The van der Waals surface area contributed by atoms with Gasteiger partial charge in [0.25, 0.3) is 0 Å². The van der Waals surface area contributed by atoms with Crippen LogP contribution >= 0.6 is 0 Å². The van der Waals surface area contributed by atoms with Gasteiger partial charge in [-0.15, -0.1) is 0 Å². The molecule has 1 aromatic carbocycles. The number of aromatic nitrogens is 5. The van der Waals surface area contributed by atoms with E-state index in [1.54, 1.807) is 12.4 Å². The second kappa shape index (κ2) is 6.70. The summed E-state index contributed by atoms with van der Waals surface area (Å²) in [7, 11) is 3.86. The van der Waals surface area contributed by atoms with E-state index in [0.717, 1.165) is 41.9 Å². The Bertz CT molecular complexity index is 903. The summed E-state index contributed by atoms with van der Waals surface area (Å²) in [6.45, 7) is 0.851. The lowest BCUT2D eigenvalue weighted by Crippen LogP contribution is -2.34. The lowest BCUT2D eigenvalue weighted by Gasteiger charge is -2.24. The SMILES string of the molecule is CN(C)c1cncc([C@@H]2CCCN2C(=O)Cn2nc3ccccc3n2)n1. The maximum absolute atomic E-state index is 12.9. The molecule has 3 heterocycles. The van der Waals surface area contributed by atoms with Crippen LogP contribution in [-0.4, -0.2) is 56.4 Å². The molecule has 8 heteroatoms. The summed E-state index contributed by atoms with van der Waals surface area (Å²) < 4.78 is 0. The van der Waals surface area contributed by atoms with Crippen LogP contribution in [0.4, 0.5) is 5.82 Å². The van der Waals surface area contributed by atoms with Crippen LogP contribution in [0.25, 0.3) is 11.0 Å². The molecule has 0 bridgehead atoms. The van der Waals surface area contributed by atoms with Gasteiger partial charge in [-0.25, -0.2) is 4.98 Å². The highest BCUT2D eigenvalue weighted by molar-refractivity contribution is 5.78. The molecule has 1 aliphatic rings. The molecule has 8 nitrogen and oxygen atoms in total. The topological polar surface area (TPSA) is 80.0 Å². The third kappa shape index (κ3) is 3.10. The Kier molecular flexibility index (Phi) is 4.24. The van der Waals surface area contributed by atoms with E-state index in [-0.39, 0.29) is 18.5 Å². The molecule has 1 aliphatic heterocycles. The van der Waals surface area contributed by atoms with Crippen LogP contribution in [0, 0.1) is 0 Å². The standard InChI is InChI=1S/C18H21N7O/c1-23(2)17-11-19-10-15(20-17)16-8-5-9-24(16)18(26)12-25-21-13-6-3-4-7-14(13)22-25/h3-4,6-7,10-11,16H,5,8-9,12H2,1-2H3/t16-/m0/s1. The van der Waals surface area contributed by atoms with Crippen LogP contribution < -0.4 is 4.90 Å². The number of anilines is 1. The molecule has 0 unspecified atom stereocenters. The fraction of sp³-hybridized carbons (Fsp3) is 0.389. The number of likely N-dealkylation sites (tertiary alicyclic amines) is 1. The highest BCUT2D eigenvalue weighted by Crippen LogP contribution is 2.31. The molecule has 2 aromatic heterocycles. The minimum Gasteiger partial charge on any atom is -0.361 e. The van der Waals surface area contributed by atoms with Gasteiger partial charge in [0.1, 0.15) is 23.4 Å². The van der Waals surface area contributed by atoms with Gasteiger partial charge in [0.2, 0.25) is 5.91 Å². The van der Waals surface area contributed by atoms with Gasteiger partial charge in [-0.1, -0.05) is 12.1 Å². The van der Waals surface area contributed by atoms with Crippen molar-refractivity contribution in [3.05, 3.63) is 42.4 Å². The van der Waals surface area contributed by atoms with E-state index < -0.39 is 0 Å². The number of hydrogen-bond donors (Lipinski definition) is 0. The van der Waals surface area contributed by atoms with E-state index in [0.29, 0.717) is 0 Å². The first-order chi connectivity index (χ1) is 12.6. The molecule has 0 spiro atoms. The summed E-state index contributed by atoms with van der Waals surface area (Å²) in [5, 5.41) is 8.77. The van der Waals surface area contributed by atoms with E-state index in [1.165, 1.54) is 4.80 Å². The Morgan fingerprint density at radius 2 is 1.92 bits per heavy atom. The van der Waals surface area contributed by atoms with E-state index in [1.807, 2.05) is 48.2 Å². The van der Waals surface area contributed by atoms with Crippen LogP contribution in [0.5, 0.6) is 0 Å². The highest BCUT2D eigenvalue weighted by atomic mass is 16.2. The molecule has 1 atom stereocenters. The molecule has 1 saturated heterocycles. The van der Waals surface area contributed by atoms with Gasteiger partial charge in [0.15, 0.2) is 0 Å². The number of hydrogen-bond acceptors (Lipinski definition) is 6. The Morgan fingerprint density at radius 3 is 2.62 bits per heavy atom. The number of carbonyl (C=O) groups excluding carboxylic acids is 1. The van der Waals surface area contributed by atoms with Crippen molar-refractivity contribution in [2.24, 2.45) is 0 Å². The van der Waals surface area contributed by atoms with Crippen molar-refractivity contribution in [2.75, 3.05) is 25.5 Å². The summed E-state index contributed by atoms with van der Waals surface area (Å²) >= 11 is 0. The number of amides is 1. The average Bonchev–Trinajstić information content (AvgIpc) is 3.28. The summed E-state index contributed by atoms with van der Waals surface area (Å²) in [6, 6.07) is 7.57. The maximum Gasteiger partial charge on any atom is 0.246 e. The van der Waals surface area contributed by atoms with E-state index >= 15 is 0 Å². The van der Waals surface area contributed by atoms with Gasteiger partial charge in [-0.3, -0.25) is 9.78 Å². The molecular weight excluding hydrogens is 330 g/mol. The maximum atomic E-state index is 12.9. The number of carbonyl (C=O) groups is 1. The molecule has 3 aromatic rings. The van der Waals surface area contributed by atoms with Gasteiger partial charge >= 0.3 is 0 Å².